The number of aryl methyl sites for hydroxylation is 2. The molecule has 1 N–H and O–H groups in total. The third kappa shape index (κ3) is 6.15. The molecule has 8 heteroatoms. The van der Waals surface area contributed by atoms with E-state index in [1.165, 1.54) is 37.9 Å². The van der Waals surface area contributed by atoms with Crippen LogP contribution in [0.1, 0.15) is 48.6 Å². The number of carbonyl (C=O) groups is 1. The zero-order valence-corrected chi connectivity index (χ0v) is 23.3. The van der Waals surface area contributed by atoms with Crippen molar-refractivity contribution in [2.75, 3.05) is 18.4 Å². The molecule has 3 heterocycles. The van der Waals surface area contributed by atoms with Gasteiger partial charge in [0.25, 0.3) is 0 Å². The normalized spacial score (nSPS) is 14.1. The summed E-state index contributed by atoms with van der Waals surface area (Å²) in [4.78, 5) is 20.1. The van der Waals surface area contributed by atoms with Gasteiger partial charge in [0.2, 0.25) is 0 Å². The molecule has 1 saturated heterocycles. The van der Waals surface area contributed by atoms with E-state index in [9.17, 15) is 4.79 Å². The van der Waals surface area contributed by atoms with Gasteiger partial charge in [-0.2, -0.15) is 0 Å². The lowest BCUT2D eigenvalue weighted by atomic mass is 10.0. The molecule has 0 saturated carbocycles. The Morgan fingerprint density at radius 2 is 1.68 bits per heavy atom. The molecule has 2 aromatic heterocycles. The Labute approximate surface area is 233 Å². The molecule has 1 aliphatic rings. The molecule has 0 bridgehead atoms. The summed E-state index contributed by atoms with van der Waals surface area (Å²) in [6.45, 7) is 7.48. The van der Waals surface area contributed by atoms with Crippen molar-refractivity contribution in [1.29, 1.82) is 0 Å². The number of likely N-dealkylation sites (tertiary alicyclic amines) is 1. The minimum atomic E-state index is -0.567. The molecule has 1 amide bonds. The lowest BCUT2D eigenvalue weighted by Crippen LogP contribution is -2.28. The fourth-order valence-corrected chi connectivity index (χ4v) is 5.62. The van der Waals surface area contributed by atoms with Crippen molar-refractivity contribution in [2.45, 2.75) is 52.7 Å². The van der Waals surface area contributed by atoms with Crippen LogP contribution in [0.25, 0.3) is 16.8 Å². The summed E-state index contributed by atoms with van der Waals surface area (Å²) in [6, 6.07) is 16.0. The summed E-state index contributed by atoms with van der Waals surface area (Å²) < 4.78 is 7.42. The molecule has 0 atom stereocenters. The molecule has 1 fully saturated rings. The van der Waals surface area contributed by atoms with Crippen LogP contribution in [0.3, 0.4) is 0 Å². The highest BCUT2D eigenvalue weighted by Crippen LogP contribution is 2.28. The number of halogens is 2. The van der Waals surface area contributed by atoms with Gasteiger partial charge in [-0.15, -0.1) is 0 Å². The Hall–Kier alpha value is -3.06. The first-order chi connectivity index (χ1) is 18.4. The van der Waals surface area contributed by atoms with Crippen LogP contribution in [0, 0.1) is 6.92 Å². The molecule has 0 spiro atoms. The maximum absolute atomic E-state index is 12.8. The van der Waals surface area contributed by atoms with Crippen LogP contribution in [-0.4, -0.2) is 33.5 Å². The van der Waals surface area contributed by atoms with Crippen molar-refractivity contribution in [3.63, 3.8) is 0 Å². The van der Waals surface area contributed by atoms with Gasteiger partial charge in [-0.1, -0.05) is 60.8 Å². The Morgan fingerprint density at radius 3 is 2.37 bits per heavy atom. The topological polar surface area (TPSA) is 58.9 Å². The number of piperidine rings is 1. The van der Waals surface area contributed by atoms with Crippen molar-refractivity contribution in [2.24, 2.45) is 0 Å². The number of hydrogen-bond donors (Lipinski definition) is 1. The lowest BCUT2D eigenvalue weighted by Gasteiger charge is -2.26. The van der Waals surface area contributed by atoms with Crippen LogP contribution in [0.2, 0.25) is 10.0 Å². The van der Waals surface area contributed by atoms with Gasteiger partial charge in [0.05, 0.1) is 5.69 Å². The number of hydrogen-bond acceptors (Lipinski definition) is 4. The number of carbonyl (C=O) groups excluding carboxylic acids is 1. The molecule has 1 aliphatic heterocycles. The average Bonchev–Trinajstić information content (AvgIpc) is 3.26. The molecular formula is C30H32Cl2N4O2. The Balaban J connectivity index is 1.36. The van der Waals surface area contributed by atoms with Gasteiger partial charge in [-0.3, -0.25) is 14.6 Å². The van der Waals surface area contributed by atoms with E-state index < -0.39 is 6.09 Å². The summed E-state index contributed by atoms with van der Waals surface area (Å²) in [6.07, 6.45) is 6.06. The van der Waals surface area contributed by atoms with Gasteiger partial charge in [-0.05, 0) is 91.4 Å². The molecule has 5 rings (SSSR count). The highest BCUT2D eigenvalue weighted by molar-refractivity contribution is 6.34. The maximum atomic E-state index is 12.8. The lowest BCUT2D eigenvalue weighted by molar-refractivity contribution is 0.155. The van der Waals surface area contributed by atoms with Crippen LogP contribution in [0.15, 0.2) is 54.7 Å². The second kappa shape index (κ2) is 11.8. The monoisotopic (exact) mass is 550 g/mol. The highest BCUT2D eigenvalue weighted by Gasteiger charge is 2.17. The zero-order valence-electron chi connectivity index (χ0n) is 21.8. The highest BCUT2D eigenvalue weighted by atomic mass is 35.5. The van der Waals surface area contributed by atoms with Crippen LogP contribution in [0.4, 0.5) is 10.6 Å². The Morgan fingerprint density at radius 1 is 0.974 bits per heavy atom. The van der Waals surface area contributed by atoms with Crippen molar-refractivity contribution < 1.29 is 9.53 Å². The van der Waals surface area contributed by atoms with E-state index in [4.69, 9.17) is 32.9 Å². The first-order valence-electron chi connectivity index (χ1n) is 13.1. The fraction of sp³-hybridized carbons (Fsp3) is 0.333. The molecule has 198 valence electrons. The molecule has 2 aromatic carbocycles. The number of ether oxygens (including phenoxy) is 1. The van der Waals surface area contributed by atoms with Crippen LogP contribution in [-0.2, 0) is 24.3 Å². The predicted octanol–water partition coefficient (Wildman–Crippen LogP) is 7.91. The van der Waals surface area contributed by atoms with E-state index in [1.54, 1.807) is 18.2 Å². The van der Waals surface area contributed by atoms with Gasteiger partial charge in [0.1, 0.15) is 18.1 Å². The largest absolute Gasteiger partial charge is 0.444 e. The molecule has 4 aromatic rings. The second-order valence-electron chi connectivity index (χ2n) is 9.88. The van der Waals surface area contributed by atoms with E-state index in [1.807, 2.05) is 24.4 Å². The number of nitrogens with one attached hydrogen (secondary N) is 1. The second-order valence-corrected chi connectivity index (χ2v) is 10.8. The number of fused-ring (bicyclic) bond motifs is 1. The quantitative estimate of drug-likeness (QED) is 0.254. The molecule has 0 aliphatic carbocycles. The number of nitrogens with zero attached hydrogens (tertiary/aromatic N) is 3. The van der Waals surface area contributed by atoms with Gasteiger partial charge in [0.15, 0.2) is 0 Å². The van der Waals surface area contributed by atoms with Crippen LogP contribution in [0.5, 0.6) is 0 Å². The van der Waals surface area contributed by atoms with Crippen molar-refractivity contribution >= 4 is 40.8 Å². The van der Waals surface area contributed by atoms with Crippen molar-refractivity contribution in [1.82, 2.24) is 14.3 Å². The Bertz CT molecular complexity index is 1420. The van der Waals surface area contributed by atoms with Crippen molar-refractivity contribution in [3.05, 3.63) is 87.2 Å². The standard InChI is InChI=1S/C30H32Cl2N4O2/c1-3-27-29(34-30(37)38-19-22-14-25(31)16-26(32)15-22)36-18-24(13-20(2)28(36)33-27)23-9-7-21(8-10-23)17-35-11-5-4-6-12-35/h7-10,13-16,18H,3-6,11-12,17,19H2,1-2H3,(H,34,37). The summed E-state index contributed by atoms with van der Waals surface area (Å²) >= 11 is 12.1. The summed E-state index contributed by atoms with van der Waals surface area (Å²) in [5, 5.41) is 3.90. The number of benzene rings is 2. The number of pyridine rings is 1. The smallest absolute Gasteiger partial charge is 0.413 e. The minimum absolute atomic E-state index is 0.0539. The number of amides is 1. The van der Waals surface area contributed by atoms with E-state index >= 15 is 0 Å². The molecule has 6 nitrogen and oxygen atoms in total. The van der Waals surface area contributed by atoms with Crippen LogP contribution >= 0.6 is 23.2 Å². The first kappa shape index (κ1) is 26.5. The third-order valence-corrected chi connectivity index (χ3v) is 7.40. The summed E-state index contributed by atoms with van der Waals surface area (Å²) in [5.41, 5.74) is 6.86. The fourth-order valence-electron chi connectivity index (χ4n) is 5.05. The van der Waals surface area contributed by atoms with Crippen LogP contribution < -0.4 is 5.32 Å². The molecular weight excluding hydrogens is 519 g/mol. The first-order valence-corrected chi connectivity index (χ1v) is 13.9. The average molecular weight is 552 g/mol. The molecule has 0 radical (unpaired) electrons. The van der Waals surface area contributed by atoms with Crippen molar-refractivity contribution in [3.8, 4) is 11.1 Å². The van der Waals surface area contributed by atoms with E-state index in [0.717, 1.165) is 34.6 Å². The number of imidazole rings is 1. The van der Waals surface area contributed by atoms with Gasteiger partial charge in [0, 0.05) is 22.8 Å². The van der Waals surface area contributed by atoms with Gasteiger partial charge >= 0.3 is 6.09 Å². The van der Waals surface area contributed by atoms with E-state index in [-0.39, 0.29) is 6.61 Å². The molecule has 38 heavy (non-hydrogen) atoms. The summed E-state index contributed by atoms with van der Waals surface area (Å²) in [5.74, 6) is 0.614. The maximum Gasteiger partial charge on any atom is 0.413 e. The SMILES string of the molecule is CCc1nc2c(C)cc(-c3ccc(CN4CCCCC4)cc3)cn2c1NC(=O)OCc1cc(Cl)cc(Cl)c1. The number of aromatic nitrogens is 2. The number of anilines is 1. The Kier molecular flexibility index (Phi) is 8.22. The third-order valence-electron chi connectivity index (χ3n) is 6.97. The van der Waals surface area contributed by atoms with Gasteiger partial charge < -0.3 is 4.74 Å². The van der Waals surface area contributed by atoms with Gasteiger partial charge in [-0.25, -0.2) is 9.78 Å². The number of rotatable bonds is 7. The molecule has 0 unspecified atom stereocenters. The minimum Gasteiger partial charge on any atom is -0.444 e. The predicted molar refractivity (Wildman–Crippen MR) is 154 cm³/mol. The van der Waals surface area contributed by atoms with E-state index in [2.05, 4.69) is 40.5 Å². The zero-order chi connectivity index (χ0) is 26.6. The van der Waals surface area contributed by atoms with E-state index in [0.29, 0.717) is 27.8 Å². The summed E-state index contributed by atoms with van der Waals surface area (Å²) in [7, 11) is 0.